The van der Waals surface area contributed by atoms with E-state index < -0.39 is 0 Å². The molecule has 0 aromatic rings. The van der Waals surface area contributed by atoms with E-state index in [4.69, 9.17) is 0 Å². The fraction of sp³-hybridized carbons (Fsp3) is 0.300. The molecule has 1 aliphatic rings. The summed E-state index contributed by atoms with van der Waals surface area (Å²) in [7, 11) is 0. The van der Waals surface area contributed by atoms with Crippen LogP contribution in [0.1, 0.15) is 13.3 Å². The van der Waals surface area contributed by atoms with E-state index in [2.05, 4.69) is 11.9 Å². The highest BCUT2D eigenvalue weighted by Crippen LogP contribution is 2.18. The number of hydrogen-bond acceptors (Lipinski definition) is 1. The van der Waals surface area contributed by atoms with Crippen LogP contribution in [0, 0.1) is 0 Å². The lowest BCUT2D eigenvalue weighted by atomic mass is 9.91. The lowest BCUT2D eigenvalue weighted by Gasteiger charge is -2.28. The van der Waals surface area contributed by atoms with Gasteiger partial charge in [-0.05, 0) is 6.42 Å². The summed E-state index contributed by atoms with van der Waals surface area (Å²) < 4.78 is 0. The van der Waals surface area contributed by atoms with E-state index in [-0.39, 0.29) is 11.4 Å². The Labute approximate surface area is 72.7 Å². The first-order chi connectivity index (χ1) is 5.68. The summed E-state index contributed by atoms with van der Waals surface area (Å²) >= 11 is 0. The smallest absolute Gasteiger partial charge is 0.217 e. The molecule has 64 valence electrons. The van der Waals surface area contributed by atoms with Gasteiger partial charge in [0.05, 0.1) is 5.54 Å². The molecule has 12 heavy (non-hydrogen) atoms. The Hall–Kier alpha value is -1.31. The van der Waals surface area contributed by atoms with Crippen LogP contribution in [0.25, 0.3) is 0 Å². The lowest BCUT2D eigenvalue weighted by Crippen LogP contribution is -2.44. The van der Waals surface area contributed by atoms with Crippen molar-refractivity contribution in [3.8, 4) is 0 Å². The normalized spacial score (nSPS) is 26.8. The van der Waals surface area contributed by atoms with Crippen molar-refractivity contribution in [2.24, 2.45) is 0 Å². The van der Waals surface area contributed by atoms with E-state index in [1.165, 1.54) is 6.92 Å². The van der Waals surface area contributed by atoms with Crippen LogP contribution in [0.2, 0.25) is 0 Å². The summed E-state index contributed by atoms with van der Waals surface area (Å²) in [6.45, 7) is 5.22. The van der Waals surface area contributed by atoms with Gasteiger partial charge in [-0.3, -0.25) is 4.79 Å². The first kappa shape index (κ1) is 8.78. The molecule has 0 aromatic heterocycles. The summed E-state index contributed by atoms with van der Waals surface area (Å²) in [6.07, 6.45) is 10.4. The zero-order valence-corrected chi connectivity index (χ0v) is 7.21. The number of hydrogen-bond donors (Lipinski definition) is 1. The highest BCUT2D eigenvalue weighted by molar-refractivity contribution is 5.74. The van der Waals surface area contributed by atoms with E-state index in [1.807, 2.05) is 24.3 Å². The fourth-order valence-electron chi connectivity index (χ4n) is 1.26. The average Bonchev–Trinajstić information content (AvgIpc) is 2.05. The van der Waals surface area contributed by atoms with Crippen LogP contribution in [0.3, 0.4) is 0 Å². The highest BCUT2D eigenvalue weighted by atomic mass is 16.1. The van der Waals surface area contributed by atoms with Crippen LogP contribution in [-0.4, -0.2) is 11.4 Å². The molecule has 0 heterocycles. The van der Waals surface area contributed by atoms with Crippen molar-refractivity contribution < 1.29 is 4.79 Å². The van der Waals surface area contributed by atoms with Crippen LogP contribution < -0.4 is 5.32 Å². The van der Waals surface area contributed by atoms with Crippen molar-refractivity contribution in [3.05, 3.63) is 37.0 Å². The molecule has 2 nitrogen and oxygen atoms in total. The monoisotopic (exact) mass is 163 g/mol. The third kappa shape index (κ3) is 1.84. The van der Waals surface area contributed by atoms with Gasteiger partial charge in [-0.1, -0.05) is 30.4 Å². The largest absolute Gasteiger partial charge is 0.344 e. The van der Waals surface area contributed by atoms with Gasteiger partial charge in [0, 0.05) is 6.92 Å². The Morgan fingerprint density at radius 3 is 2.83 bits per heavy atom. The second-order valence-corrected chi connectivity index (χ2v) is 2.92. The summed E-state index contributed by atoms with van der Waals surface area (Å²) in [4.78, 5) is 10.9. The third-order valence-electron chi connectivity index (χ3n) is 1.87. The summed E-state index contributed by atoms with van der Waals surface area (Å²) in [5.41, 5.74) is -0.361. The van der Waals surface area contributed by atoms with Crippen molar-refractivity contribution in [2.45, 2.75) is 18.9 Å². The molecule has 0 aliphatic heterocycles. The van der Waals surface area contributed by atoms with E-state index in [1.54, 1.807) is 6.08 Å². The second-order valence-electron chi connectivity index (χ2n) is 2.92. The number of rotatable bonds is 2. The molecule has 0 saturated carbocycles. The Kier molecular flexibility index (Phi) is 2.48. The molecular formula is C10H13NO. The van der Waals surface area contributed by atoms with E-state index in [0.717, 1.165) is 6.42 Å². The zero-order chi connectivity index (χ0) is 9.03. The summed E-state index contributed by atoms with van der Waals surface area (Å²) in [6, 6.07) is 0. The topological polar surface area (TPSA) is 29.1 Å². The Morgan fingerprint density at radius 2 is 2.42 bits per heavy atom. The average molecular weight is 163 g/mol. The van der Waals surface area contributed by atoms with Crippen molar-refractivity contribution >= 4 is 5.91 Å². The predicted octanol–water partition coefficient (Wildman–Crippen LogP) is 1.56. The zero-order valence-electron chi connectivity index (χ0n) is 7.21. The van der Waals surface area contributed by atoms with Gasteiger partial charge in [0.2, 0.25) is 5.91 Å². The third-order valence-corrected chi connectivity index (χ3v) is 1.87. The number of nitrogens with one attached hydrogen (secondary N) is 1. The number of amides is 1. The van der Waals surface area contributed by atoms with E-state index >= 15 is 0 Å². The van der Waals surface area contributed by atoms with Crippen molar-refractivity contribution in [1.82, 2.24) is 5.32 Å². The molecule has 0 fully saturated rings. The Bertz CT molecular complexity index is 253. The summed E-state index contributed by atoms with van der Waals surface area (Å²) in [5.74, 6) is -0.0325. The highest BCUT2D eigenvalue weighted by Gasteiger charge is 2.23. The van der Waals surface area contributed by atoms with E-state index in [0.29, 0.717) is 0 Å². The molecule has 1 amide bonds. The van der Waals surface area contributed by atoms with Gasteiger partial charge in [-0.25, -0.2) is 0 Å². The molecule has 0 unspecified atom stereocenters. The van der Waals surface area contributed by atoms with Crippen molar-refractivity contribution in [2.75, 3.05) is 0 Å². The molecule has 0 aromatic carbocycles. The van der Waals surface area contributed by atoms with Crippen LogP contribution in [0.15, 0.2) is 37.0 Å². The molecule has 1 rings (SSSR count). The van der Waals surface area contributed by atoms with Crippen LogP contribution >= 0.6 is 0 Å². The van der Waals surface area contributed by atoms with Crippen molar-refractivity contribution in [3.63, 3.8) is 0 Å². The van der Waals surface area contributed by atoms with Crippen molar-refractivity contribution in [1.29, 1.82) is 0 Å². The Morgan fingerprint density at radius 1 is 1.67 bits per heavy atom. The maximum Gasteiger partial charge on any atom is 0.217 e. The second kappa shape index (κ2) is 3.39. The maximum atomic E-state index is 10.9. The predicted molar refractivity (Wildman–Crippen MR) is 49.6 cm³/mol. The first-order valence-electron chi connectivity index (χ1n) is 3.95. The standard InChI is InChI=1S/C10H13NO/c1-3-10(11-9(2)12)7-5-4-6-8-10/h3-7H,1,8H2,2H3,(H,11,12)/t10-/m1/s1. The van der Waals surface area contributed by atoms with Crippen LogP contribution in [0.4, 0.5) is 0 Å². The van der Waals surface area contributed by atoms with Gasteiger partial charge in [-0.15, -0.1) is 6.58 Å². The van der Waals surface area contributed by atoms with Gasteiger partial charge < -0.3 is 5.32 Å². The lowest BCUT2D eigenvalue weighted by molar-refractivity contribution is -0.119. The molecule has 0 saturated heterocycles. The molecule has 1 N–H and O–H groups in total. The molecule has 1 aliphatic carbocycles. The van der Waals surface area contributed by atoms with E-state index in [9.17, 15) is 4.79 Å². The molecule has 2 heteroatoms. The molecular weight excluding hydrogens is 150 g/mol. The molecule has 0 spiro atoms. The quantitative estimate of drug-likeness (QED) is 0.615. The fourth-order valence-corrected chi connectivity index (χ4v) is 1.26. The number of carbonyl (C=O) groups excluding carboxylic acids is 1. The van der Waals surface area contributed by atoms with Crippen LogP contribution in [-0.2, 0) is 4.79 Å². The maximum absolute atomic E-state index is 10.9. The summed E-state index contributed by atoms with van der Waals surface area (Å²) in [5, 5.41) is 2.85. The van der Waals surface area contributed by atoms with Gasteiger partial charge in [-0.2, -0.15) is 0 Å². The van der Waals surface area contributed by atoms with Gasteiger partial charge in [0.15, 0.2) is 0 Å². The molecule has 0 radical (unpaired) electrons. The van der Waals surface area contributed by atoms with Crippen LogP contribution in [0.5, 0.6) is 0 Å². The van der Waals surface area contributed by atoms with Gasteiger partial charge in [0.25, 0.3) is 0 Å². The Balaban J connectivity index is 2.76. The minimum Gasteiger partial charge on any atom is -0.344 e. The first-order valence-corrected chi connectivity index (χ1v) is 3.95. The number of carbonyl (C=O) groups is 1. The van der Waals surface area contributed by atoms with Gasteiger partial charge >= 0.3 is 0 Å². The molecule has 1 atom stereocenters. The number of allylic oxidation sites excluding steroid dienone is 2. The SMILES string of the molecule is C=C[C@@]1(NC(C)=O)C=CC=CC1. The van der Waals surface area contributed by atoms with Gasteiger partial charge in [0.1, 0.15) is 0 Å². The minimum atomic E-state index is -0.361. The molecule has 0 bridgehead atoms. The minimum absolute atomic E-state index is 0.0325.